The van der Waals surface area contributed by atoms with Gasteiger partial charge in [-0.15, -0.1) is 0 Å². The van der Waals surface area contributed by atoms with Crippen molar-refractivity contribution < 1.29 is 28.7 Å². The van der Waals surface area contributed by atoms with Crippen molar-refractivity contribution in [1.29, 1.82) is 0 Å². The Morgan fingerprint density at radius 3 is 2.00 bits per heavy atom. The van der Waals surface area contributed by atoms with E-state index < -0.39 is 41.6 Å². The average molecular weight is 748 g/mol. The first-order valence-corrected chi connectivity index (χ1v) is 18.9. The zero-order chi connectivity index (χ0) is 39.4. The molecule has 0 saturated heterocycles. The van der Waals surface area contributed by atoms with Crippen LogP contribution in [0.25, 0.3) is 0 Å². The number of ether oxygens (including phenoxy) is 2. The minimum Gasteiger partial charge on any atom is -0.489 e. The molecule has 0 aromatic heterocycles. The highest BCUT2D eigenvalue weighted by atomic mass is 16.6. The highest BCUT2D eigenvalue weighted by Gasteiger charge is 2.34. The van der Waals surface area contributed by atoms with Crippen molar-refractivity contribution in [2.75, 3.05) is 17.2 Å². The summed E-state index contributed by atoms with van der Waals surface area (Å²) in [6, 6.07) is 31.2. The Hall–Kier alpha value is -5.84. The van der Waals surface area contributed by atoms with Gasteiger partial charge in [0.1, 0.15) is 36.1 Å². The molecular formula is C44H53N5O6. The molecule has 4 aromatic carbocycles. The van der Waals surface area contributed by atoms with Gasteiger partial charge in [-0.3, -0.25) is 14.4 Å². The van der Waals surface area contributed by atoms with Gasteiger partial charge in [0, 0.05) is 30.3 Å². The molecular weight excluding hydrogens is 695 g/mol. The molecule has 1 heterocycles. The van der Waals surface area contributed by atoms with Crippen molar-refractivity contribution in [3.8, 4) is 5.75 Å². The van der Waals surface area contributed by atoms with E-state index in [9.17, 15) is 19.2 Å². The predicted molar refractivity (Wildman–Crippen MR) is 215 cm³/mol. The van der Waals surface area contributed by atoms with Gasteiger partial charge in [-0.2, -0.15) is 0 Å². The molecule has 4 amide bonds. The summed E-state index contributed by atoms with van der Waals surface area (Å²) in [5.74, 6) is -0.775. The lowest BCUT2D eigenvalue weighted by Crippen LogP contribution is -2.57. The summed E-state index contributed by atoms with van der Waals surface area (Å²) in [6.45, 7) is 10.1. The number of amides is 4. The van der Waals surface area contributed by atoms with E-state index in [-0.39, 0.29) is 24.2 Å². The summed E-state index contributed by atoms with van der Waals surface area (Å²) in [5.41, 5.74) is 3.69. The van der Waals surface area contributed by atoms with Crippen molar-refractivity contribution in [3.05, 3.63) is 126 Å². The number of carbonyl (C=O) groups excluding carboxylic acids is 4. The summed E-state index contributed by atoms with van der Waals surface area (Å²) in [5, 5.41) is 14.9. The third-order valence-corrected chi connectivity index (χ3v) is 9.09. The highest BCUT2D eigenvalue weighted by molar-refractivity contribution is 5.99. The number of para-hydroxylation sites is 2. The number of benzene rings is 4. The SMILES string of the molecule is CC(C)C[C@H](NC(=O)[C@H](Cc1ccc(OCc2ccccc2)cc1)NC(=O)OC(C)(C)C)C(=O)N[C@@H](CC1CNc2ccccc21)C(=O)Nc1ccccc1. The summed E-state index contributed by atoms with van der Waals surface area (Å²) < 4.78 is 11.4. The normalized spacial score (nSPS) is 15.1. The van der Waals surface area contributed by atoms with Gasteiger partial charge in [0.05, 0.1) is 0 Å². The molecule has 5 N–H and O–H groups in total. The first kappa shape index (κ1) is 40.3. The van der Waals surface area contributed by atoms with Gasteiger partial charge in [-0.05, 0) is 86.6 Å². The van der Waals surface area contributed by atoms with E-state index in [0.29, 0.717) is 37.4 Å². The molecule has 4 atom stereocenters. The number of hydrogen-bond donors (Lipinski definition) is 5. The summed E-state index contributed by atoms with van der Waals surface area (Å²) in [6.07, 6.45) is -0.00484. The molecule has 0 radical (unpaired) electrons. The zero-order valence-corrected chi connectivity index (χ0v) is 32.3. The van der Waals surface area contributed by atoms with Crippen LogP contribution in [0.2, 0.25) is 0 Å². The second kappa shape index (κ2) is 19.0. The fraction of sp³-hybridized carbons (Fsp3) is 0.364. The molecule has 11 heteroatoms. The van der Waals surface area contributed by atoms with E-state index >= 15 is 0 Å². The Kier molecular flexibility index (Phi) is 13.9. The molecule has 0 spiro atoms. The molecule has 0 fully saturated rings. The Morgan fingerprint density at radius 1 is 0.709 bits per heavy atom. The van der Waals surface area contributed by atoms with E-state index in [1.54, 1.807) is 32.9 Å². The van der Waals surface area contributed by atoms with Gasteiger partial charge in [0.2, 0.25) is 17.7 Å². The number of fused-ring (bicyclic) bond motifs is 1. The summed E-state index contributed by atoms with van der Waals surface area (Å²) >= 11 is 0. The monoisotopic (exact) mass is 747 g/mol. The van der Waals surface area contributed by atoms with E-state index in [1.807, 2.05) is 111 Å². The molecule has 1 aliphatic heterocycles. The van der Waals surface area contributed by atoms with Crippen molar-refractivity contribution in [3.63, 3.8) is 0 Å². The van der Waals surface area contributed by atoms with Crippen LogP contribution in [0.5, 0.6) is 5.75 Å². The van der Waals surface area contributed by atoms with Crippen molar-refractivity contribution in [2.45, 2.75) is 90.1 Å². The predicted octanol–water partition coefficient (Wildman–Crippen LogP) is 6.96. The van der Waals surface area contributed by atoms with E-state index in [1.165, 1.54) is 0 Å². The van der Waals surface area contributed by atoms with Crippen LogP contribution in [0.3, 0.4) is 0 Å². The van der Waals surface area contributed by atoms with Gasteiger partial charge >= 0.3 is 6.09 Å². The minimum absolute atomic E-state index is 0.0132. The molecule has 11 nitrogen and oxygen atoms in total. The number of nitrogens with one attached hydrogen (secondary N) is 5. The van der Waals surface area contributed by atoms with Crippen LogP contribution in [-0.4, -0.2) is 54.1 Å². The molecule has 0 aliphatic carbocycles. The first-order chi connectivity index (χ1) is 26.3. The topological polar surface area (TPSA) is 147 Å². The van der Waals surface area contributed by atoms with Gasteiger partial charge in [-0.25, -0.2) is 4.79 Å². The molecule has 1 unspecified atom stereocenters. The Labute approximate surface area is 324 Å². The van der Waals surface area contributed by atoms with Gasteiger partial charge in [0.25, 0.3) is 0 Å². The van der Waals surface area contributed by atoms with Crippen LogP contribution in [0.15, 0.2) is 109 Å². The third kappa shape index (κ3) is 12.6. The standard InChI is InChI=1S/C44H53N5O6/c1-29(2)24-37(41(51)48-39(40(50)46-33-16-10-7-11-17-33)26-32-27-45-36-19-13-12-18-35(32)36)47-42(52)38(49-43(53)55-44(3,4)5)25-30-20-22-34(23-21-30)54-28-31-14-8-6-9-15-31/h6-23,29,32,37-39,45H,24-28H2,1-5H3,(H,46,50)(H,47,52)(H,48,51)(H,49,53)/t32?,37-,38-,39-/m0/s1. The zero-order valence-electron chi connectivity index (χ0n) is 32.3. The van der Waals surface area contributed by atoms with Crippen molar-refractivity contribution >= 4 is 35.2 Å². The van der Waals surface area contributed by atoms with Crippen LogP contribution in [0.4, 0.5) is 16.2 Å². The lowest BCUT2D eigenvalue weighted by atomic mass is 9.93. The molecule has 0 saturated carbocycles. The Bertz CT molecular complexity index is 1880. The minimum atomic E-state index is -1.08. The first-order valence-electron chi connectivity index (χ1n) is 18.9. The number of hydrogen-bond acceptors (Lipinski definition) is 7. The van der Waals surface area contributed by atoms with Crippen LogP contribution in [0, 0.1) is 5.92 Å². The average Bonchev–Trinajstić information content (AvgIpc) is 3.56. The summed E-state index contributed by atoms with van der Waals surface area (Å²) in [7, 11) is 0. The number of carbonyl (C=O) groups is 4. The maximum atomic E-state index is 14.1. The van der Waals surface area contributed by atoms with E-state index in [2.05, 4.69) is 26.6 Å². The molecule has 0 bridgehead atoms. The van der Waals surface area contributed by atoms with Crippen LogP contribution >= 0.6 is 0 Å². The lowest BCUT2D eigenvalue weighted by Gasteiger charge is -2.28. The second-order valence-electron chi connectivity index (χ2n) is 15.3. The smallest absolute Gasteiger partial charge is 0.408 e. The van der Waals surface area contributed by atoms with Crippen molar-refractivity contribution in [2.24, 2.45) is 5.92 Å². The molecule has 5 rings (SSSR count). The molecule has 4 aromatic rings. The van der Waals surface area contributed by atoms with Crippen LogP contribution in [0.1, 0.15) is 70.1 Å². The van der Waals surface area contributed by atoms with Gasteiger partial charge in [0.15, 0.2) is 0 Å². The van der Waals surface area contributed by atoms with Gasteiger partial charge < -0.3 is 36.1 Å². The quantitative estimate of drug-likeness (QED) is 0.0834. The van der Waals surface area contributed by atoms with E-state index in [4.69, 9.17) is 9.47 Å². The number of alkyl carbamates (subject to hydrolysis) is 1. The number of anilines is 2. The Balaban J connectivity index is 1.32. The van der Waals surface area contributed by atoms with Crippen LogP contribution in [-0.2, 0) is 32.1 Å². The number of rotatable bonds is 16. The van der Waals surface area contributed by atoms with Crippen LogP contribution < -0.4 is 31.3 Å². The van der Waals surface area contributed by atoms with E-state index in [0.717, 1.165) is 22.4 Å². The lowest BCUT2D eigenvalue weighted by molar-refractivity contribution is -0.132. The fourth-order valence-corrected chi connectivity index (χ4v) is 6.44. The summed E-state index contributed by atoms with van der Waals surface area (Å²) in [4.78, 5) is 55.0. The largest absolute Gasteiger partial charge is 0.489 e. The maximum absolute atomic E-state index is 14.1. The Morgan fingerprint density at radius 2 is 1.33 bits per heavy atom. The third-order valence-electron chi connectivity index (χ3n) is 9.09. The van der Waals surface area contributed by atoms with Crippen molar-refractivity contribution in [1.82, 2.24) is 16.0 Å². The second-order valence-corrected chi connectivity index (χ2v) is 15.3. The highest BCUT2D eigenvalue weighted by Crippen LogP contribution is 2.34. The molecule has 55 heavy (non-hydrogen) atoms. The molecule has 290 valence electrons. The fourth-order valence-electron chi connectivity index (χ4n) is 6.44. The molecule has 1 aliphatic rings. The maximum Gasteiger partial charge on any atom is 0.408 e. The van der Waals surface area contributed by atoms with Gasteiger partial charge in [-0.1, -0.05) is 92.7 Å².